The van der Waals surface area contributed by atoms with Gasteiger partial charge in [-0.05, 0) is 31.7 Å². The molecule has 0 aromatic carbocycles. The van der Waals surface area contributed by atoms with Crippen LogP contribution in [0.1, 0.15) is 58.8 Å². The lowest BCUT2D eigenvalue weighted by molar-refractivity contribution is 0.104. The van der Waals surface area contributed by atoms with E-state index in [0.717, 1.165) is 32.1 Å². The van der Waals surface area contributed by atoms with Crippen LogP contribution in [-0.4, -0.2) is 25.8 Å². The Kier molecular flexibility index (Phi) is 7.87. The number of nitrogens with one attached hydrogen (secondary N) is 1. The van der Waals surface area contributed by atoms with Crippen LogP contribution in [0, 0.1) is 5.92 Å². The van der Waals surface area contributed by atoms with Crippen LogP contribution in [0.4, 0.5) is 0 Å². The van der Waals surface area contributed by atoms with Crippen LogP contribution in [-0.2, 0) is 4.74 Å². The summed E-state index contributed by atoms with van der Waals surface area (Å²) >= 11 is 0. The molecule has 0 heterocycles. The van der Waals surface area contributed by atoms with Crippen LogP contribution in [0.3, 0.4) is 0 Å². The Morgan fingerprint density at radius 1 is 1.19 bits per heavy atom. The summed E-state index contributed by atoms with van der Waals surface area (Å²) in [6.07, 6.45) is 9.45. The maximum atomic E-state index is 5.69. The Morgan fingerprint density at radius 2 is 1.94 bits per heavy atom. The van der Waals surface area contributed by atoms with Crippen molar-refractivity contribution in [2.45, 2.75) is 64.8 Å². The minimum Gasteiger partial charge on any atom is -0.380 e. The monoisotopic (exact) mass is 227 g/mol. The third kappa shape index (κ3) is 5.86. The fourth-order valence-electron chi connectivity index (χ4n) is 2.58. The second-order valence-corrected chi connectivity index (χ2v) is 5.11. The van der Waals surface area contributed by atoms with Crippen LogP contribution >= 0.6 is 0 Å². The number of rotatable bonds is 9. The maximum absolute atomic E-state index is 5.69. The van der Waals surface area contributed by atoms with E-state index in [0.29, 0.717) is 6.04 Å². The molecule has 0 aromatic heterocycles. The van der Waals surface area contributed by atoms with E-state index in [-0.39, 0.29) is 0 Å². The predicted octanol–water partition coefficient (Wildman–Crippen LogP) is 3.36. The van der Waals surface area contributed by atoms with Crippen molar-refractivity contribution >= 4 is 0 Å². The third-order valence-electron chi connectivity index (χ3n) is 3.44. The van der Waals surface area contributed by atoms with Gasteiger partial charge in [0.25, 0.3) is 0 Å². The number of ether oxygens (including phenoxy) is 1. The minimum atomic E-state index is 0.592. The van der Waals surface area contributed by atoms with Crippen molar-refractivity contribution in [3.05, 3.63) is 0 Å². The van der Waals surface area contributed by atoms with Gasteiger partial charge in [0.2, 0.25) is 0 Å². The van der Waals surface area contributed by atoms with Crippen LogP contribution in [0.5, 0.6) is 0 Å². The van der Waals surface area contributed by atoms with Gasteiger partial charge in [-0.1, -0.05) is 39.5 Å². The van der Waals surface area contributed by atoms with Gasteiger partial charge in [0.05, 0.1) is 6.61 Å². The van der Waals surface area contributed by atoms with Gasteiger partial charge in [0.1, 0.15) is 0 Å². The smallest absolute Gasteiger partial charge is 0.0619 e. The van der Waals surface area contributed by atoms with Gasteiger partial charge in [-0.25, -0.2) is 0 Å². The first-order valence-electron chi connectivity index (χ1n) is 7.18. The fourth-order valence-corrected chi connectivity index (χ4v) is 2.58. The molecule has 1 fully saturated rings. The molecule has 1 rings (SSSR count). The molecule has 16 heavy (non-hydrogen) atoms. The summed E-state index contributed by atoms with van der Waals surface area (Å²) < 4.78 is 5.69. The summed E-state index contributed by atoms with van der Waals surface area (Å²) in [5.74, 6) is 0.958. The quantitative estimate of drug-likeness (QED) is 0.610. The molecule has 0 saturated heterocycles. The molecule has 0 amide bonds. The van der Waals surface area contributed by atoms with Gasteiger partial charge in [0, 0.05) is 12.6 Å². The number of hydrogen-bond acceptors (Lipinski definition) is 2. The van der Waals surface area contributed by atoms with Crippen molar-refractivity contribution in [2.24, 2.45) is 5.92 Å². The predicted molar refractivity (Wildman–Crippen MR) is 69.8 cm³/mol. The van der Waals surface area contributed by atoms with Crippen molar-refractivity contribution in [3.8, 4) is 0 Å². The molecule has 1 N–H and O–H groups in total. The maximum Gasteiger partial charge on any atom is 0.0619 e. The molecule has 1 unspecified atom stereocenters. The van der Waals surface area contributed by atoms with Crippen molar-refractivity contribution in [2.75, 3.05) is 19.8 Å². The molecule has 0 radical (unpaired) electrons. The highest BCUT2D eigenvalue weighted by atomic mass is 16.5. The lowest BCUT2D eigenvalue weighted by Crippen LogP contribution is -2.35. The molecule has 2 heteroatoms. The van der Waals surface area contributed by atoms with Crippen molar-refractivity contribution in [3.63, 3.8) is 0 Å². The molecular weight excluding hydrogens is 198 g/mol. The van der Waals surface area contributed by atoms with E-state index in [4.69, 9.17) is 4.74 Å². The highest BCUT2D eigenvalue weighted by molar-refractivity contribution is 4.75. The molecule has 1 aliphatic rings. The van der Waals surface area contributed by atoms with Gasteiger partial charge in [0.15, 0.2) is 0 Å². The lowest BCUT2D eigenvalue weighted by Gasteiger charge is -2.21. The molecule has 1 atom stereocenters. The van der Waals surface area contributed by atoms with Crippen LogP contribution in [0.25, 0.3) is 0 Å². The second-order valence-electron chi connectivity index (χ2n) is 5.11. The van der Waals surface area contributed by atoms with E-state index in [1.54, 1.807) is 0 Å². The van der Waals surface area contributed by atoms with Crippen molar-refractivity contribution in [1.29, 1.82) is 0 Å². The molecular formula is C14H29NO. The summed E-state index contributed by atoms with van der Waals surface area (Å²) in [5.41, 5.74) is 0. The zero-order valence-electron chi connectivity index (χ0n) is 11.1. The average Bonchev–Trinajstić information content (AvgIpc) is 2.78. The Labute approximate surface area is 101 Å². The van der Waals surface area contributed by atoms with Crippen molar-refractivity contribution < 1.29 is 4.74 Å². The molecule has 0 aromatic rings. The normalized spacial score (nSPS) is 19.1. The summed E-state index contributed by atoms with van der Waals surface area (Å²) in [6.45, 7) is 7.35. The molecule has 2 nitrogen and oxygen atoms in total. The first-order chi connectivity index (χ1) is 7.86. The Hall–Kier alpha value is -0.0800. The van der Waals surface area contributed by atoms with Gasteiger partial charge in [-0.15, -0.1) is 0 Å². The molecule has 0 aliphatic heterocycles. The third-order valence-corrected chi connectivity index (χ3v) is 3.44. The Morgan fingerprint density at radius 3 is 2.56 bits per heavy atom. The van der Waals surface area contributed by atoms with Crippen molar-refractivity contribution in [1.82, 2.24) is 5.32 Å². The highest BCUT2D eigenvalue weighted by Gasteiger charge is 2.19. The van der Waals surface area contributed by atoms with Crippen LogP contribution in [0.2, 0.25) is 0 Å². The molecule has 1 saturated carbocycles. The second kappa shape index (κ2) is 9.00. The summed E-state index contributed by atoms with van der Waals surface area (Å²) in [7, 11) is 0. The standard InChI is InChI=1S/C14H29NO/c1-3-9-15-14(12-16-10-4-2)11-13-7-5-6-8-13/h13-15H,3-12H2,1-2H3. The first kappa shape index (κ1) is 14.0. The zero-order chi connectivity index (χ0) is 11.6. The molecule has 1 aliphatic carbocycles. The SMILES string of the molecule is CCCNC(COCCC)CC1CCCC1. The Balaban J connectivity index is 2.18. The topological polar surface area (TPSA) is 21.3 Å². The number of hydrogen-bond donors (Lipinski definition) is 1. The largest absolute Gasteiger partial charge is 0.380 e. The van der Waals surface area contributed by atoms with Gasteiger partial charge >= 0.3 is 0 Å². The highest BCUT2D eigenvalue weighted by Crippen LogP contribution is 2.28. The molecule has 0 spiro atoms. The van der Waals surface area contributed by atoms with E-state index in [9.17, 15) is 0 Å². The minimum absolute atomic E-state index is 0.592. The zero-order valence-corrected chi connectivity index (χ0v) is 11.1. The van der Waals surface area contributed by atoms with E-state index in [1.807, 2.05) is 0 Å². The van der Waals surface area contributed by atoms with Gasteiger partial charge in [-0.2, -0.15) is 0 Å². The Bertz CT molecular complexity index is 155. The van der Waals surface area contributed by atoms with Crippen LogP contribution in [0.15, 0.2) is 0 Å². The summed E-state index contributed by atoms with van der Waals surface area (Å²) in [4.78, 5) is 0. The lowest BCUT2D eigenvalue weighted by atomic mass is 9.99. The average molecular weight is 227 g/mol. The summed E-state index contributed by atoms with van der Waals surface area (Å²) in [5, 5.41) is 3.63. The van der Waals surface area contributed by atoms with E-state index < -0.39 is 0 Å². The van der Waals surface area contributed by atoms with Gasteiger partial charge in [-0.3, -0.25) is 0 Å². The van der Waals surface area contributed by atoms with Gasteiger partial charge < -0.3 is 10.1 Å². The van der Waals surface area contributed by atoms with E-state index >= 15 is 0 Å². The fraction of sp³-hybridized carbons (Fsp3) is 1.00. The van der Waals surface area contributed by atoms with E-state index in [1.165, 1.54) is 38.5 Å². The first-order valence-corrected chi connectivity index (χ1v) is 7.18. The van der Waals surface area contributed by atoms with E-state index in [2.05, 4.69) is 19.2 Å². The summed E-state index contributed by atoms with van der Waals surface area (Å²) in [6, 6.07) is 0.592. The molecule has 0 bridgehead atoms. The molecule has 96 valence electrons. The van der Waals surface area contributed by atoms with Crippen LogP contribution < -0.4 is 5.32 Å².